The van der Waals surface area contributed by atoms with Gasteiger partial charge in [-0.2, -0.15) is 18.3 Å². The number of esters is 1. The third kappa shape index (κ3) is 4.97. The first-order valence-electron chi connectivity index (χ1n) is 8.29. The first-order valence-corrected chi connectivity index (χ1v) is 9.11. The van der Waals surface area contributed by atoms with E-state index in [-0.39, 0.29) is 11.7 Å². The fraction of sp³-hybridized carbons (Fsp3) is 0.412. The number of ether oxygens (including phenoxy) is 1. The minimum atomic E-state index is -4.85. The van der Waals surface area contributed by atoms with E-state index in [4.69, 9.17) is 4.74 Å². The molecule has 0 fully saturated rings. The fourth-order valence-corrected chi connectivity index (χ4v) is 3.40. The van der Waals surface area contributed by atoms with Crippen molar-refractivity contribution in [2.45, 2.75) is 33.0 Å². The zero-order valence-electron chi connectivity index (χ0n) is 15.6. The Labute approximate surface area is 163 Å². The van der Waals surface area contributed by atoms with E-state index in [1.165, 1.54) is 25.3 Å². The summed E-state index contributed by atoms with van der Waals surface area (Å²) in [6.45, 7) is 4.67. The number of aromatic nitrogens is 3. The Morgan fingerprint density at radius 1 is 1.39 bits per heavy atom. The van der Waals surface area contributed by atoms with Crippen LogP contribution >= 0.6 is 11.3 Å². The standard InChI is InChI=1S/C17H19F3N4O3S/c1-5-27-15(26)13-14(17(18,19)20)22-16(28-13)24(10(2)3)12(25)7-6-11-8-21-23(4)9-11/h6-10H,5H2,1-4H3/b7-6+. The maximum absolute atomic E-state index is 13.3. The summed E-state index contributed by atoms with van der Waals surface area (Å²) < 4.78 is 46.2. The molecule has 0 saturated heterocycles. The van der Waals surface area contributed by atoms with Crippen molar-refractivity contribution in [1.29, 1.82) is 0 Å². The molecule has 2 rings (SSSR count). The normalized spacial score (nSPS) is 12.0. The largest absolute Gasteiger partial charge is 0.462 e. The van der Waals surface area contributed by atoms with E-state index in [1.54, 1.807) is 31.8 Å². The second-order valence-corrected chi connectivity index (χ2v) is 6.95. The van der Waals surface area contributed by atoms with Crippen LogP contribution < -0.4 is 4.90 Å². The summed E-state index contributed by atoms with van der Waals surface area (Å²) in [6.07, 6.45) is 1.07. The minimum absolute atomic E-state index is 0.0793. The third-order valence-electron chi connectivity index (χ3n) is 3.45. The van der Waals surface area contributed by atoms with Crippen LogP contribution in [0.25, 0.3) is 6.08 Å². The summed E-state index contributed by atoms with van der Waals surface area (Å²) in [4.78, 5) is 28.5. The Bertz CT molecular complexity index is 887. The molecule has 0 radical (unpaired) electrons. The highest BCUT2D eigenvalue weighted by Crippen LogP contribution is 2.38. The number of amides is 1. The van der Waals surface area contributed by atoms with Crippen LogP contribution in [0.5, 0.6) is 0 Å². The molecular formula is C17H19F3N4O3S. The zero-order chi connectivity index (χ0) is 21.1. The number of alkyl halides is 3. The molecular weight excluding hydrogens is 397 g/mol. The quantitative estimate of drug-likeness (QED) is 0.532. The smallest absolute Gasteiger partial charge is 0.435 e. The van der Waals surface area contributed by atoms with Crippen molar-refractivity contribution in [2.24, 2.45) is 7.05 Å². The maximum Gasteiger partial charge on any atom is 0.435 e. The number of hydrogen-bond donors (Lipinski definition) is 0. The maximum atomic E-state index is 13.3. The molecule has 0 aliphatic heterocycles. The molecule has 0 aliphatic carbocycles. The molecule has 0 bridgehead atoms. The van der Waals surface area contributed by atoms with E-state index in [9.17, 15) is 22.8 Å². The van der Waals surface area contributed by atoms with Crippen LogP contribution in [-0.2, 0) is 22.8 Å². The van der Waals surface area contributed by atoms with Gasteiger partial charge in [0, 0.05) is 30.9 Å². The topological polar surface area (TPSA) is 77.3 Å². The molecule has 1 amide bonds. The van der Waals surface area contributed by atoms with Crippen molar-refractivity contribution >= 4 is 34.4 Å². The number of hydrogen-bond acceptors (Lipinski definition) is 6. The van der Waals surface area contributed by atoms with Crippen LogP contribution in [0.3, 0.4) is 0 Å². The van der Waals surface area contributed by atoms with E-state index in [0.29, 0.717) is 16.9 Å². The summed E-state index contributed by atoms with van der Waals surface area (Å²) >= 11 is 0.474. The molecule has 0 saturated carbocycles. The summed E-state index contributed by atoms with van der Waals surface area (Å²) in [6, 6.07) is -0.492. The van der Waals surface area contributed by atoms with Gasteiger partial charge in [-0.3, -0.25) is 14.4 Å². The number of carbonyl (C=O) groups is 2. The molecule has 0 N–H and O–H groups in total. The summed E-state index contributed by atoms with van der Waals surface area (Å²) in [5.74, 6) is -1.70. The van der Waals surface area contributed by atoms with Gasteiger partial charge in [-0.05, 0) is 26.8 Å². The first-order chi connectivity index (χ1) is 13.0. The molecule has 28 heavy (non-hydrogen) atoms. The Kier molecular flexibility index (Phi) is 6.60. The van der Waals surface area contributed by atoms with Gasteiger partial charge in [-0.1, -0.05) is 11.3 Å². The molecule has 7 nitrogen and oxygen atoms in total. The van der Waals surface area contributed by atoms with Crippen LogP contribution in [0.2, 0.25) is 0 Å². The monoisotopic (exact) mass is 416 g/mol. The highest BCUT2D eigenvalue weighted by atomic mass is 32.1. The second kappa shape index (κ2) is 8.55. The Hall–Kier alpha value is -2.69. The van der Waals surface area contributed by atoms with Gasteiger partial charge >= 0.3 is 12.1 Å². The Morgan fingerprint density at radius 2 is 2.07 bits per heavy atom. The highest BCUT2D eigenvalue weighted by Gasteiger charge is 2.41. The number of aryl methyl sites for hydroxylation is 1. The van der Waals surface area contributed by atoms with Crippen molar-refractivity contribution in [3.63, 3.8) is 0 Å². The minimum Gasteiger partial charge on any atom is -0.462 e. The number of carbonyl (C=O) groups excluding carboxylic acids is 2. The molecule has 2 aromatic heterocycles. The lowest BCUT2D eigenvalue weighted by Crippen LogP contribution is -2.35. The van der Waals surface area contributed by atoms with Crippen molar-refractivity contribution < 1.29 is 27.5 Å². The van der Waals surface area contributed by atoms with Gasteiger partial charge in [0.05, 0.1) is 12.8 Å². The van der Waals surface area contributed by atoms with Gasteiger partial charge in [0.15, 0.2) is 10.8 Å². The van der Waals surface area contributed by atoms with Gasteiger partial charge in [0.1, 0.15) is 4.88 Å². The average Bonchev–Trinajstić information content (AvgIpc) is 3.19. The highest BCUT2D eigenvalue weighted by molar-refractivity contribution is 7.17. The molecule has 0 aromatic carbocycles. The van der Waals surface area contributed by atoms with E-state index >= 15 is 0 Å². The molecule has 0 unspecified atom stereocenters. The molecule has 2 aromatic rings. The van der Waals surface area contributed by atoms with Crippen molar-refractivity contribution in [3.8, 4) is 0 Å². The molecule has 11 heteroatoms. The van der Waals surface area contributed by atoms with Gasteiger partial charge in [0.2, 0.25) is 0 Å². The number of nitrogens with zero attached hydrogens (tertiary/aromatic N) is 4. The van der Waals surface area contributed by atoms with E-state index in [1.807, 2.05) is 0 Å². The number of anilines is 1. The van der Waals surface area contributed by atoms with Crippen LogP contribution in [0.1, 0.15) is 41.7 Å². The van der Waals surface area contributed by atoms with Gasteiger partial charge in [0.25, 0.3) is 5.91 Å². The molecule has 0 atom stereocenters. The first kappa shape index (κ1) is 21.6. The lowest BCUT2D eigenvalue weighted by atomic mass is 10.3. The fourth-order valence-electron chi connectivity index (χ4n) is 2.28. The number of halogens is 3. The second-order valence-electron chi connectivity index (χ2n) is 5.98. The van der Waals surface area contributed by atoms with Crippen molar-refractivity contribution in [1.82, 2.24) is 14.8 Å². The number of thiazole rings is 1. The van der Waals surface area contributed by atoms with Gasteiger partial charge in [-0.15, -0.1) is 0 Å². The summed E-state index contributed by atoms with van der Waals surface area (Å²) in [7, 11) is 1.71. The van der Waals surface area contributed by atoms with Crippen LogP contribution in [0.4, 0.5) is 18.3 Å². The number of rotatable bonds is 6. The third-order valence-corrected chi connectivity index (χ3v) is 4.48. The van der Waals surface area contributed by atoms with Crippen molar-refractivity contribution in [3.05, 3.63) is 34.6 Å². The lowest BCUT2D eigenvalue weighted by molar-refractivity contribution is -0.141. The molecule has 152 valence electrons. The molecule has 0 spiro atoms. The summed E-state index contributed by atoms with van der Waals surface area (Å²) in [5.41, 5.74) is -0.706. The van der Waals surface area contributed by atoms with Crippen LogP contribution in [0.15, 0.2) is 18.5 Å². The predicted octanol–water partition coefficient (Wildman–Crippen LogP) is 3.53. The van der Waals surface area contributed by atoms with E-state index < -0.39 is 34.7 Å². The Balaban J connectivity index is 2.41. The molecule has 2 heterocycles. The predicted molar refractivity (Wildman–Crippen MR) is 97.9 cm³/mol. The zero-order valence-corrected chi connectivity index (χ0v) is 16.5. The Morgan fingerprint density at radius 3 is 2.57 bits per heavy atom. The SMILES string of the molecule is CCOC(=O)c1sc(N(C(=O)/C=C/c2cnn(C)c2)C(C)C)nc1C(F)(F)F. The van der Waals surface area contributed by atoms with Gasteiger partial charge in [-0.25, -0.2) is 9.78 Å². The summed E-state index contributed by atoms with van der Waals surface area (Å²) in [5, 5.41) is 3.74. The lowest BCUT2D eigenvalue weighted by Gasteiger charge is -2.22. The van der Waals surface area contributed by atoms with Crippen LogP contribution in [0, 0.1) is 0 Å². The van der Waals surface area contributed by atoms with E-state index in [0.717, 1.165) is 4.90 Å². The average molecular weight is 416 g/mol. The van der Waals surface area contributed by atoms with Crippen LogP contribution in [-0.4, -0.2) is 39.3 Å². The van der Waals surface area contributed by atoms with Crippen molar-refractivity contribution in [2.75, 3.05) is 11.5 Å². The van der Waals surface area contributed by atoms with Gasteiger partial charge < -0.3 is 4.74 Å². The van der Waals surface area contributed by atoms with E-state index in [2.05, 4.69) is 10.1 Å². The molecule has 0 aliphatic rings.